The molecule has 12 heteroatoms. The molecule has 6 heterocycles. The van der Waals surface area contributed by atoms with Crippen molar-refractivity contribution in [1.29, 1.82) is 0 Å². The number of likely N-dealkylation sites (tertiary alicyclic amines) is 2. The summed E-state index contributed by atoms with van der Waals surface area (Å²) >= 11 is 0. The second-order valence-electron chi connectivity index (χ2n) is 17.7. The van der Waals surface area contributed by atoms with E-state index in [2.05, 4.69) is 69.0 Å². The number of para-hydroxylation sites is 2. The van der Waals surface area contributed by atoms with Gasteiger partial charge in [-0.2, -0.15) is 0 Å². The molecule has 2 N–H and O–H groups in total. The normalized spacial score (nSPS) is 18.4. The van der Waals surface area contributed by atoms with Crippen molar-refractivity contribution < 1.29 is 28.4 Å². The number of hydrogen-bond donors (Lipinski definition) is 2. The van der Waals surface area contributed by atoms with Gasteiger partial charge in [-0.1, -0.05) is 60.7 Å². The van der Waals surface area contributed by atoms with Gasteiger partial charge in [0.2, 0.25) is 13.6 Å². The number of rotatable bonds is 19. The number of nitrogens with zero attached hydrogens (tertiary/aromatic N) is 4. The zero-order chi connectivity index (χ0) is 44.4. The predicted octanol–water partition coefficient (Wildman–Crippen LogP) is 7.88. The molecule has 2 aromatic heterocycles. The van der Waals surface area contributed by atoms with Gasteiger partial charge in [0.1, 0.15) is 35.8 Å². The van der Waals surface area contributed by atoms with E-state index in [4.69, 9.17) is 38.4 Å². The van der Waals surface area contributed by atoms with E-state index in [-0.39, 0.29) is 13.6 Å². The van der Waals surface area contributed by atoms with E-state index < -0.39 is 11.1 Å². The minimum absolute atomic E-state index is 0.167. The van der Waals surface area contributed by atoms with Gasteiger partial charge in [0, 0.05) is 25.5 Å². The van der Waals surface area contributed by atoms with Crippen molar-refractivity contribution in [3.63, 3.8) is 0 Å². The van der Waals surface area contributed by atoms with Crippen LogP contribution in [0, 0.1) is 11.8 Å². The second kappa shape index (κ2) is 20.6. The molecule has 2 atom stereocenters. The largest absolute Gasteiger partial charge is 0.492 e. The molecule has 6 aromatic rings. The van der Waals surface area contributed by atoms with Crippen molar-refractivity contribution in [3.8, 4) is 34.5 Å². The van der Waals surface area contributed by atoms with Gasteiger partial charge in [0.05, 0.1) is 11.4 Å². The molecular weight excluding hydrogens is 829 g/mol. The molecule has 4 aromatic carbocycles. The highest BCUT2D eigenvalue weighted by Crippen LogP contribution is 2.52. The van der Waals surface area contributed by atoms with Crippen molar-refractivity contribution in [1.82, 2.24) is 30.4 Å². The third-order valence-corrected chi connectivity index (χ3v) is 13.8. The van der Waals surface area contributed by atoms with E-state index >= 15 is 0 Å². The highest BCUT2D eigenvalue weighted by molar-refractivity contribution is 5.58. The Morgan fingerprint density at radius 3 is 1.30 bits per heavy atom. The van der Waals surface area contributed by atoms with E-state index in [0.29, 0.717) is 36.5 Å². The number of aromatic nitrogens is 2. The molecule has 0 amide bonds. The molecule has 1 unspecified atom stereocenters. The molecule has 0 radical (unpaired) electrons. The van der Waals surface area contributed by atoms with Gasteiger partial charge in [0.25, 0.3) is 0 Å². The van der Waals surface area contributed by atoms with Crippen LogP contribution in [-0.2, 0) is 11.1 Å². The van der Waals surface area contributed by atoms with Crippen molar-refractivity contribution in [3.05, 3.63) is 168 Å². The highest BCUT2D eigenvalue weighted by atomic mass is 16.7. The zero-order valence-electron chi connectivity index (χ0n) is 37.6. The van der Waals surface area contributed by atoms with E-state index in [1.165, 1.54) is 0 Å². The van der Waals surface area contributed by atoms with Gasteiger partial charge in [-0.25, -0.2) is 0 Å². The van der Waals surface area contributed by atoms with Gasteiger partial charge in [-0.3, -0.25) is 30.4 Å². The smallest absolute Gasteiger partial charge is 0.231 e. The molecule has 0 saturated carbocycles. The number of nitrogens with one attached hydrogen (secondary N) is 2. The van der Waals surface area contributed by atoms with Gasteiger partial charge in [-0.15, -0.1) is 0 Å². The van der Waals surface area contributed by atoms with Crippen LogP contribution < -0.4 is 39.1 Å². The Bertz CT molecular complexity index is 2280. The van der Waals surface area contributed by atoms with Crippen LogP contribution in [0.15, 0.2) is 146 Å². The Balaban J connectivity index is 1.00. The number of fused-ring (bicyclic) bond motifs is 2. The van der Waals surface area contributed by atoms with Crippen molar-refractivity contribution in [2.75, 3.05) is 79.2 Å². The summed E-state index contributed by atoms with van der Waals surface area (Å²) in [7, 11) is 0. The third-order valence-electron chi connectivity index (χ3n) is 13.8. The summed E-state index contributed by atoms with van der Waals surface area (Å²) in [6.45, 7) is 8.87. The lowest BCUT2D eigenvalue weighted by atomic mass is 9.63. The Morgan fingerprint density at radius 2 is 0.894 bits per heavy atom. The standard InChI is InChI=1S/C54H60N6O6/c1-3-11-45(12-4-1)61-33-31-59-27-21-41(22-28-59)37-57-53(51-15-7-9-25-55-51,43-17-19-47-49(35-43)65-39-63-47)54(52-16-8-10-26-56-52,44-18-20-48-50(36-44)66-40-64-48)58-38-42-23-29-60(30-24-42)32-34-62-46-13-5-2-6-14-46/h1-20,25-26,35-36,41-42,57-58H,21-24,27-34,37-40H2/t53-,54?/m0/s1. The molecule has 0 aliphatic carbocycles. The minimum Gasteiger partial charge on any atom is -0.492 e. The lowest BCUT2D eigenvalue weighted by Gasteiger charge is -2.53. The Kier molecular flexibility index (Phi) is 13.6. The number of piperidine rings is 2. The van der Waals surface area contributed by atoms with Gasteiger partial charge >= 0.3 is 0 Å². The first-order chi connectivity index (χ1) is 32.7. The molecule has 4 aliphatic rings. The molecule has 342 valence electrons. The third kappa shape index (κ3) is 9.41. The molecule has 0 bridgehead atoms. The van der Waals surface area contributed by atoms with Gasteiger partial charge in [-0.05, 0) is 161 Å². The molecule has 66 heavy (non-hydrogen) atoms. The fourth-order valence-electron chi connectivity index (χ4n) is 10.2. The monoisotopic (exact) mass is 888 g/mol. The topological polar surface area (TPSA) is 112 Å². The molecule has 0 spiro atoms. The van der Waals surface area contributed by atoms with Crippen LogP contribution in [0.4, 0.5) is 0 Å². The maximum absolute atomic E-state index is 6.17. The van der Waals surface area contributed by atoms with Crippen molar-refractivity contribution in [2.24, 2.45) is 11.8 Å². The van der Waals surface area contributed by atoms with Crippen LogP contribution in [0.2, 0.25) is 0 Å². The SMILES string of the molecule is c1ccc(OCCN2CCC(CNC(c3ccc4c(c3)OCO4)(c3ccccn3)[C@](NCC3CCN(CCOc4ccccc4)CC3)(c3ccc4c(c3)OCO4)c3ccccn3)CC2)cc1. The maximum atomic E-state index is 6.17. The maximum Gasteiger partial charge on any atom is 0.231 e. The Hall–Kier alpha value is -6.18. The zero-order valence-corrected chi connectivity index (χ0v) is 37.6. The second-order valence-corrected chi connectivity index (χ2v) is 17.7. The average molecular weight is 889 g/mol. The summed E-state index contributed by atoms with van der Waals surface area (Å²) in [5.74, 6) is 5.44. The number of pyridine rings is 2. The van der Waals surface area contributed by atoms with E-state index in [0.717, 1.165) is 124 Å². The Morgan fingerprint density at radius 1 is 0.485 bits per heavy atom. The van der Waals surface area contributed by atoms with E-state index in [9.17, 15) is 0 Å². The molecule has 2 saturated heterocycles. The first kappa shape index (κ1) is 43.7. The number of benzene rings is 4. The summed E-state index contributed by atoms with van der Waals surface area (Å²) in [4.78, 5) is 15.7. The van der Waals surface area contributed by atoms with Crippen LogP contribution in [0.5, 0.6) is 34.5 Å². The van der Waals surface area contributed by atoms with Crippen LogP contribution in [0.1, 0.15) is 48.2 Å². The van der Waals surface area contributed by atoms with E-state index in [1.807, 2.05) is 97.3 Å². The molecule has 2 fully saturated rings. The summed E-state index contributed by atoms with van der Waals surface area (Å²) in [6.07, 6.45) is 7.96. The average Bonchev–Trinajstić information content (AvgIpc) is 4.07. The first-order valence-corrected chi connectivity index (χ1v) is 23.6. The summed E-state index contributed by atoms with van der Waals surface area (Å²) in [5.41, 5.74) is 1.53. The molecule has 10 rings (SSSR count). The summed E-state index contributed by atoms with van der Waals surface area (Å²) < 4.78 is 36.4. The number of ether oxygens (including phenoxy) is 6. The first-order valence-electron chi connectivity index (χ1n) is 23.6. The highest BCUT2D eigenvalue weighted by Gasteiger charge is 2.58. The van der Waals surface area contributed by atoms with Crippen molar-refractivity contribution >= 4 is 0 Å². The molecule has 4 aliphatic heterocycles. The fourth-order valence-corrected chi connectivity index (χ4v) is 10.2. The van der Waals surface area contributed by atoms with Crippen LogP contribution in [0.3, 0.4) is 0 Å². The van der Waals surface area contributed by atoms with E-state index in [1.54, 1.807) is 0 Å². The predicted molar refractivity (Wildman–Crippen MR) is 253 cm³/mol. The summed E-state index contributed by atoms with van der Waals surface area (Å²) in [5, 5.41) is 8.69. The molecule has 12 nitrogen and oxygen atoms in total. The number of hydrogen-bond acceptors (Lipinski definition) is 12. The molecular formula is C54H60N6O6. The van der Waals surface area contributed by atoms with Crippen LogP contribution in [-0.4, -0.2) is 98.9 Å². The minimum atomic E-state index is -1.06. The fraction of sp³-hybridized carbons (Fsp3) is 0.370. The van der Waals surface area contributed by atoms with Gasteiger partial charge < -0.3 is 28.4 Å². The van der Waals surface area contributed by atoms with Crippen LogP contribution >= 0.6 is 0 Å². The van der Waals surface area contributed by atoms with Gasteiger partial charge in [0.15, 0.2) is 23.0 Å². The quantitative estimate of drug-likeness (QED) is 0.0826. The van der Waals surface area contributed by atoms with Crippen molar-refractivity contribution in [2.45, 2.75) is 36.8 Å². The lowest BCUT2D eigenvalue weighted by Crippen LogP contribution is -2.68. The van der Waals surface area contributed by atoms with Crippen LogP contribution in [0.25, 0.3) is 0 Å². The lowest BCUT2D eigenvalue weighted by molar-refractivity contribution is 0.123. The summed E-state index contributed by atoms with van der Waals surface area (Å²) in [6, 6.07) is 45.3. The Labute approximate surface area is 388 Å².